The fraction of sp³-hybridized carbons (Fsp3) is 0.571. The molecule has 1 atom stereocenters. The van der Waals surface area contributed by atoms with Gasteiger partial charge in [-0.2, -0.15) is 0 Å². The van der Waals surface area contributed by atoms with Crippen molar-refractivity contribution in [3.05, 3.63) is 11.8 Å². The number of carboxylic acid groups (broad SMARTS) is 1. The van der Waals surface area contributed by atoms with Crippen LogP contribution in [0.1, 0.15) is 18.7 Å². The zero-order valence-corrected chi connectivity index (χ0v) is 8.17. The van der Waals surface area contributed by atoms with Gasteiger partial charge in [-0.1, -0.05) is 0 Å². The lowest BCUT2D eigenvalue weighted by molar-refractivity contribution is -0.136. The summed E-state index contributed by atoms with van der Waals surface area (Å²) >= 11 is 1.26. The second-order valence-electron chi connectivity index (χ2n) is 2.51. The minimum atomic E-state index is -0.832. The molecule has 5 nitrogen and oxygen atoms in total. The second kappa shape index (κ2) is 4.27. The lowest BCUT2D eigenvalue weighted by atomic mass is 10.5. The van der Waals surface area contributed by atoms with Gasteiger partial charge >= 0.3 is 5.97 Å². The average molecular weight is 202 g/mol. The van der Waals surface area contributed by atoms with E-state index in [4.69, 9.17) is 9.52 Å². The minimum Gasteiger partial charge on any atom is -0.480 e. The number of aromatic nitrogens is 2. The highest BCUT2D eigenvalue weighted by molar-refractivity contribution is 7.99. The van der Waals surface area contributed by atoms with Gasteiger partial charge in [0.15, 0.2) is 0 Å². The van der Waals surface area contributed by atoms with E-state index in [0.717, 1.165) is 0 Å². The van der Waals surface area contributed by atoms with Crippen molar-refractivity contribution in [2.75, 3.05) is 0 Å². The van der Waals surface area contributed by atoms with E-state index in [1.54, 1.807) is 13.8 Å². The molecule has 0 saturated carbocycles. The van der Waals surface area contributed by atoms with E-state index in [2.05, 4.69) is 10.2 Å². The smallest absolute Gasteiger partial charge is 0.316 e. The Morgan fingerprint density at radius 3 is 2.85 bits per heavy atom. The van der Waals surface area contributed by atoms with E-state index < -0.39 is 11.2 Å². The molecule has 1 N–H and O–H groups in total. The third-order valence-corrected chi connectivity index (χ3v) is 2.49. The zero-order chi connectivity index (χ0) is 9.84. The van der Waals surface area contributed by atoms with Crippen LogP contribution in [0.2, 0.25) is 0 Å². The highest BCUT2D eigenvalue weighted by atomic mass is 32.2. The molecule has 0 amide bonds. The summed E-state index contributed by atoms with van der Waals surface area (Å²) in [5.74, 6) is 0.573. The van der Waals surface area contributed by atoms with E-state index in [1.165, 1.54) is 11.8 Å². The number of nitrogens with zero attached hydrogens (tertiary/aromatic N) is 2. The van der Waals surface area contributed by atoms with Crippen LogP contribution < -0.4 is 0 Å². The standard InChI is InChI=1S/C7H10N2O3S/c1-4(7(10)11)13-3-6-9-8-5(2)12-6/h4H,3H2,1-2H3,(H,10,11). The molecule has 0 aliphatic heterocycles. The molecule has 1 aromatic rings. The fourth-order valence-corrected chi connectivity index (χ4v) is 1.32. The molecule has 72 valence electrons. The highest BCUT2D eigenvalue weighted by Gasteiger charge is 2.12. The van der Waals surface area contributed by atoms with Gasteiger partial charge in [-0.25, -0.2) is 0 Å². The normalized spacial score (nSPS) is 12.8. The number of carboxylic acids is 1. The van der Waals surface area contributed by atoms with Crippen LogP contribution in [-0.4, -0.2) is 26.5 Å². The predicted octanol–water partition coefficient (Wildman–Crippen LogP) is 1.08. The fourth-order valence-electron chi connectivity index (χ4n) is 0.663. The number of thioether (sulfide) groups is 1. The zero-order valence-electron chi connectivity index (χ0n) is 7.35. The molecular weight excluding hydrogens is 192 g/mol. The average Bonchev–Trinajstić information content (AvgIpc) is 2.47. The lowest BCUT2D eigenvalue weighted by Gasteiger charge is -2.01. The first kappa shape index (κ1) is 10.0. The van der Waals surface area contributed by atoms with Crippen molar-refractivity contribution >= 4 is 17.7 Å². The topological polar surface area (TPSA) is 76.2 Å². The number of hydrogen-bond donors (Lipinski definition) is 1. The van der Waals surface area contributed by atoms with Crippen LogP contribution in [-0.2, 0) is 10.5 Å². The van der Waals surface area contributed by atoms with E-state index in [9.17, 15) is 4.79 Å². The van der Waals surface area contributed by atoms with Crippen LogP contribution in [0.3, 0.4) is 0 Å². The van der Waals surface area contributed by atoms with Gasteiger partial charge in [0.25, 0.3) is 0 Å². The van der Waals surface area contributed by atoms with Gasteiger partial charge in [0.2, 0.25) is 11.8 Å². The molecule has 1 heterocycles. The molecular formula is C7H10N2O3S. The van der Waals surface area contributed by atoms with E-state index in [-0.39, 0.29) is 0 Å². The SMILES string of the molecule is Cc1nnc(CSC(C)C(=O)O)o1. The van der Waals surface area contributed by atoms with Gasteiger partial charge in [-0.15, -0.1) is 22.0 Å². The summed E-state index contributed by atoms with van der Waals surface area (Å²) in [6, 6.07) is 0. The molecule has 0 aliphatic rings. The molecule has 1 rings (SSSR count). The van der Waals surface area contributed by atoms with Crippen LogP contribution in [0.4, 0.5) is 0 Å². The van der Waals surface area contributed by atoms with Gasteiger partial charge in [0, 0.05) is 6.92 Å². The summed E-state index contributed by atoms with van der Waals surface area (Å²) in [5, 5.41) is 15.5. The molecule has 6 heteroatoms. The number of aryl methyl sites for hydroxylation is 1. The Morgan fingerprint density at radius 2 is 2.38 bits per heavy atom. The highest BCUT2D eigenvalue weighted by Crippen LogP contribution is 2.16. The molecule has 0 aliphatic carbocycles. The van der Waals surface area contributed by atoms with E-state index in [0.29, 0.717) is 17.5 Å². The maximum atomic E-state index is 10.4. The molecule has 0 radical (unpaired) electrons. The van der Waals surface area contributed by atoms with Crippen LogP contribution in [0.5, 0.6) is 0 Å². The second-order valence-corrected chi connectivity index (χ2v) is 3.84. The van der Waals surface area contributed by atoms with Gasteiger partial charge in [0.05, 0.1) is 11.0 Å². The monoisotopic (exact) mass is 202 g/mol. The summed E-state index contributed by atoms with van der Waals surface area (Å²) in [6.07, 6.45) is 0. The number of carbonyl (C=O) groups is 1. The van der Waals surface area contributed by atoms with Crippen molar-refractivity contribution in [1.29, 1.82) is 0 Å². The minimum absolute atomic E-state index is 0.439. The lowest BCUT2D eigenvalue weighted by Crippen LogP contribution is -2.11. The molecule has 1 aromatic heterocycles. The van der Waals surface area contributed by atoms with Gasteiger partial charge in [0.1, 0.15) is 0 Å². The van der Waals surface area contributed by atoms with Crippen molar-refractivity contribution in [2.24, 2.45) is 0 Å². The molecule has 0 spiro atoms. The molecule has 0 saturated heterocycles. The van der Waals surface area contributed by atoms with Crippen LogP contribution in [0.15, 0.2) is 4.42 Å². The number of hydrogen-bond acceptors (Lipinski definition) is 5. The number of aliphatic carboxylic acids is 1. The Labute approximate surface area is 79.5 Å². The summed E-state index contributed by atoms with van der Waals surface area (Å²) in [7, 11) is 0. The Kier molecular flexibility index (Phi) is 3.30. The summed E-state index contributed by atoms with van der Waals surface area (Å²) in [6.45, 7) is 3.32. The Morgan fingerprint density at radius 1 is 1.69 bits per heavy atom. The Bertz CT molecular complexity index is 300. The van der Waals surface area contributed by atoms with Crippen molar-refractivity contribution in [3.8, 4) is 0 Å². The Hall–Kier alpha value is -1.04. The molecule has 0 bridgehead atoms. The maximum absolute atomic E-state index is 10.4. The van der Waals surface area contributed by atoms with Crippen molar-refractivity contribution in [1.82, 2.24) is 10.2 Å². The van der Waals surface area contributed by atoms with Crippen LogP contribution in [0, 0.1) is 6.92 Å². The summed E-state index contributed by atoms with van der Waals surface area (Å²) in [4.78, 5) is 10.4. The van der Waals surface area contributed by atoms with Gasteiger partial charge in [-0.3, -0.25) is 4.79 Å². The van der Waals surface area contributed by atoms with Crippen molar-refractivity contribution < 1.29 is 14.3 Å². The van der Waals surface area contributed by atoms with Crippen LogP contribution >= 0.6 is 11.8 Å². The molecule has 0 aromatic carbocycles. The first-order valence-corrected chi connectivity index (χ1v) is 4.78. The van der Waals surface area contributed by atoms with Crippen LogP contribution in [0.25, 0.3) is 0 Å². The van der Waals surface area contributed by atoms with E-state index >= 15 is 0 Å². The largest absolute Gasteiger partial charge is 0.480 e. The molecule has 13 heavy (non-hydrogen) atoms. The molecule has 0 fully saturated rings. The summed E-state index contributed by atoms with van der Waals surface area (Å²) < 4.78 is 5.08. The van der Waals surface area contributed by atoms with Crippen molar-refractivity contribution in [3.63, 3.8) is 0 Å². The first-order chi connectivity index (χ1) is 6.09. The third kappa shape index (κ3) is 3.06. The van der Waals surface area contributed by atoms with Gasteiger partial charge < -0.3 is 9.52 Å². The summed E-state index contributed by atoms with van der Waals surface area (Å²) in [5.41, 5.74) is 0. The van der Waals surface area contributed by atoms with E-state index in [1.807, 2.05) is 0 Å². The van der Waals surface area contributed by atoms with Crippen molar-refractivity contribution in [2.45, 2.75) is 24.9 Å². The maximum Gasteiger partial charge on any atom is 0.316 e. The third-order valence-electron chi connectivity index (χ3n) is 1.37. The van der Waals surface area contributed by atoms with Gasteiger partial charge in [-0.05, 0) is 6.92 Å². The quantitative estimate of drug-likeness (QED) is 0.787. The predicted molar refractivity (Wildman–Crippen MR) is 47.4 cm³/mol. The molecule has 1 unspecified atom stereocenters. The number of rotatable bonds is 4. The Balaban J connectivity index is 2.39. The first-order valence-electron chi connectivity index (χ1n) is 3.73.